The second-order valence-corrected chi connectivity index (χ2v) is 5.63. The highest BCUT2D eigenvalue weighted by Crippen LogP contribution is 2.12. The molecular weight excluding hydrogens is 266 g/mol. The maximum atomic E-state index is 13.2. The minimum atomic E-state index is -3.32. The van der Waals surface area contributed by atoms with Gasteiger partial charge in [-0.3, -0.25) is 4.79 Å². The summed E-state index contributed by atoms with van der Waals surface area (Å²) in [5.41, 5.74) is -0.514. The molecule has 0 bridgehead atoms. The second kappa shape index (κ2) is 4.45. The van der Waals surface area contributed by atoms with Gasteiger partial charge in [0, 0.05) is 11.6 Å². The van der Waals surface area contributed by atoms with Gasteiger partial charge in [-0.25, -0.2) is 17.8 Å². The summed E-state index contributed by atoms with van der Waals surface area (Å²) in [7, 11) is -3.32. The molecule has 1 aromatic heterocycles. The molecule has 18 heavy (non-hydrogen) atoms. The molecule has 1 atom stereocenters. The van der Waals surface area contributed by atoms with Gasteiger partial charge in [-0.2, -0.15) is 4.39 Å². The van der Waals surface area contributed by atoms with Gasteiger partial charge >= 0.3 is 0 Å². The van der Waals surface area contributed by atoms with Gasteiger partial charge in [-0.1, -0.05) is 0 Å². The zero-order valence-corrected chi connectivity index (χ0v) is 9.75. The molecule has 0 aliphatic carbocycles. The van der Waals surface area contributed by atoms with E-state index in [1.54, 1.807) is 0 Å². The largest absolute Gasteiger partial charge is 0.345 e. The SMILES string of the molecule is O=C(NC1C=CS(=O)(=O)C1)c1ccnc(F)c1F. The highest BCUT2D eigenvalue weighted by molar-refractivity contribution is 7.94. The summed E-state index contributed by atoms with van der Waals surface area (Å²) in [5.74, 6) is -3.91. The van der Waals surface area contributed by atoms with Crippen molar-refractivity contribution < 1.29 is 22.0 Å². The number of rotatable bonds is 2. The molecule has 1 aliphatic heterocycles. The van der Waals surface area contributed by atoms with Gasteiger partial charge in [-0.15, -0.1) is 0 Å². The van der Waals surface area contributed by atoms with Gasteiger partial charge in [0.05, 0.1) is 17.4 Å². The molecule has 96 valence electrons. The average Bonchev–Trinajstić information content (AvgIpc) is 2.62. The number of halogens is 2. The van der Waals surface area contributed by atoms with Crippen molar-refractivity contribution in [2.24, 2.45) is 0 Å². The molecule has 5 nitrogen and oxygen atoms in total. The molecule has 0 aromatic carbocycles. The summed E-state index contributed by atoms with van der Waals surface area (Å²) in [6.07, 6.45) is 2.23. The normalized spacial score (nSPS) is 20.9. The van der Waals surface area contributed by atoms with Crippen LogP contribution in [0.3, 0.4) is 0 Å². The third-order valence-electron chi connectivity index (χ3n) is 2.34. The van der Waals surface area contributed by atoms with Crippen LogP contribution in [0.5, 0.6) is 0 Å². The Hall–Kier alpha value is -1.83. The van der Waals surface area contributed by atoms with Crippen molar-refractivity contribution in [3.63, 3.8) is 0 Å². The van der Waals surface area contributed by atoms with Crippen molar-refractivity contribution in [1.29, 1.82) is 0 Å². The summed E-state index contributed by atoms with van der Waals surface area (Å²) < 4.78 is 48.2. The van der Waals surface area contributed by atoms with Crippen molar-refractivity contribution in [3.05, 3.63) is 41.1 Å². The average molecular weight is 274 g/mol. The predicted octanol–water partition coefficient (Wildman–Crippen LogP) is 0.400. The first-order valence-electron chi connectivity index (χ1n) is 4.91. The molecule has 1 aromatic rings. The Balaban J connectivity index is 2.14. The lowest BCUT2D eigenvalue weighted by atomic mass is 10.2. The maximum absolute atomic E-state index is 13.2. The number of hydrogen-bond acceptors (Lipinski definition) is 4. The molecule has 2 rings (SSSR count). The lowest BCUT2D eigenvalue weighted by molar-refractivity contribution is 0.0942. The summed E-state index contributed by atoms with van der Waals surface area (Å²) >= 11 is 0. The molecule has 0 saturated carbocycles. The van der Waals surface area contributed by atoms with Crippen LogP contribution < -0.4 is 5.32 Å². The Bertz CT molecular complexity index is 628. The van der Waals surface area contributed by atoms with Crippen molar-refractivity contribution in [2.75, 3.05) is 5.75 Å². The number of sulfone groups is 1. The molecular formula is C10H8F2N2O3S. The van der Waals surface area contributed by atoms with Crippen LogP contribution in [-0.4, -0.2) is 31.1 Å². The van der Waals surface area contributed by atoms with Crippen LogP contribution >= 0.6 is 0 Å². The standard InChI is InChI=1S/C10H8F2N2O3S/c11-8-7(1-3-13-9(8)12)10(15)14-6-2-4-18(16,17)5-6/h1-4,6H,5H2,(H,14,15). The van der Waals surface area contributed by atoms with E-state index in [9.17, 15) is 22.0 Å². The van der Waals surface area contributed by atoms with E-state index in [2.05, 4.69) is 10.3 Å². The summed E-state index contributed by atoms with van der Waals surface area (Å²) in [4.78, 5) is 14.7. The van der Waals surface area contributed by atoms with Crippen LogP contribution in [0.25, 0.3) is 0 Å². The van der Waals surface area contributed by atoms with E-state index >= 15 is 0 Å². The molecule has 0 saturated heterocycles. The highest BCUT2D eigenvalue weighted by atomic mass is 32.2. The third-order valence-corrected chi connectivity index (χ3v) is 3.73. The number of carbonyl (C=O) groups is 1. The summed E-state index contributed by atoms with van der Waals surface area (Å²) in [5, 5.41) is 3.25. The molecule has 1 aliphatic rings. The van der Waals surface area contributed by atoms with Crippen LogP contribution in [0.15, 0.2) is 23.7 Å². The third kappa shape index (κ3) is 2.53. The first kappa shape index (κ1) is 12.6. The van der Waals surface area contributed by atoms with E-state index in [0.717, 1.165) is 17.7 Å². The van der Waals surface area contributed by atoms with Crippen LogP contribution in [0.4, 0.5) is 8.78 Å². The molecule has 2 heterocycles. The zero-order chi connectivity index (χ0) is 13.3. The predicted molar refractivity (Wildman–Crippen MR) is 58.3 cm³/mol. The number of nitrogens with zero attached hydrogens (tertiary/aromatic N) is 1. The molecule has 1 amide bonds. The van der Waals surface area contributed by atoms with Crippen LogP contribution in [-0.2, 0) is 9.84 Å². The Labute approximate surface area is 101 Å². The first-order chi connectivity index (χ1) is 8.39. The number of pyridine rings is 1. The maximum Gasteiger partial charge on any atom is 0.254 e. The molecule has 1 N–H and O–H groups in total. The van der Waals surface area contributed by atoms with Crippen LogP contribution in [0.2, 0.25) is 0 Å². The monoisotopic (exact) mass is 274 g/mol. The Morgan fingerprint density at radius 3 is 2.78 bits per heavy atom. The highest BCUT2D eigenvalue weighted by Gasteiger charge is 2.25. The number of aromatic nitrogens is 1. The Kier molecular flexibility index (Phi) is 3.12. The van der Waals surface area contributed by atoms with E-state index in [0.29, 0.717) is 0 Å². The summed E-state index contributed by atoms with van der Waals surface area (Å²) in [6, 6.07) is 0.277. The lowest BCUT2D eigenvalue weighted by Gasteiger charge is -2.10. The van der Waals surface area contributed by atoms with Crippen LogP contribution in [0, 0.1) is 11.8 Å². The molecule has 0 fully saturated rings. The molecule has 0 spiro atoms. The molecule has 0 radical (unpaired) electrons. The molecule has 1 unspecified atom stereocenters. The topological polar surface area (TPSA) is 76.1 Å². The lowest BCUT2D eigenvalue weighted by Crippen LogP contribution is -2.36. The number of hydrogen-bond donors (Lipinski definition) is 1. The van der Waals surface area contributed by atoms with Crippen molar-refractivity contribution in [1.82, 2.24) is 10.3 Å². The van der Waals surface area contributed by atoms with E-state index in [1.165, 1.54) is 6.08 Å². The van der Waals surface area contributed by atoms with Gasteiger partial charge in [0.2, 0.25) is 5.95 Å². The van der Waals surface area contributed by atoms with E-state index in [4.69, 9.17) is 0 Å². The van der Waals surface area contributed by atoms with Gasteiger partial charge in [0.15, 0.2) is 15.7 Å². The summed E-state index contributed by atoms with van der Waals surface area (Å²) in [6.45, 7) is 0. The quantitative estimate of drug-likeness (QED) is 0.792. The van der Waals surface area contributed by atoms with Gasteiger partial charge < -0.3 is 5.32 Å². The minimum Gasteiger partial charge on any atom is -0.345 e. The van der Waals surface area contributed by atoms with Crippen molar-refractivity contribution >= 4 is 15.7 Å². The van der Waals surface area contributed by atoms with E-state index in [1.807, 2.05) is 0 Å². The van der Waals surface area contributed by atoms with Crippen molar-refractivity contribution in [2.45, 2.75) is 6.04 Å². The number of carbonyl (C=O) groups excluding carboxylic acids is 1. The fourth-order valence-corrected chi connectivity index (χ4v) is 2.74. The van der Waals surface area contributed by atoms with Crippen LogP contribution in [0.1, 0.15) is 10.4 Å². The number of amides is 1. The van der Waals surface area contributed by atoms with Crippen molar-refractivity contribution in [3.8, 4) is 0 Å². The minimum absolute atomic E-state index is 0.284. The van der Waals surface area contributed by atoms with Gasteiger partial charge in [0.1, 0.15) is 0 Å². The second-order valence-electron chi connectivity index (χ2n) is 3.70. The smallest absolute Gasteiger partial charge is 0.254 e. The van der Waals surface area contributed by atoms with Gasteiger partial charge in [-0.05, 0) is 12.1 Å². The number of nitrogens with one attached hydrogen (secondary N) is 1. The first-order valence-corrected chi connectivity index (χ1v) is 6.62. The zero-order valence-electron chi connectivity index (χ0n) is 8.93. The molecule has 8 heteroatoms. The fourth-order valence-electron chi connectivity index (χ4n) is 1.51. The fraction of sp³-hybridized carbons (Fsp3) is 0.200. The Morgan fingerprint density at radius 1 is 1.44 bits per heavy atom. The van der Waals surface area contributed by atoms with Gasteiger partial charge in [0.25, 0.3) is 5.91 Å². The van der Waals surface area contributed by atoms with E-state index in [-0.39, 0.29) is 5.75 Å². The van der Waals surface area contributed by atoms with E-state index < -0.39 is 39.1 Å². The Morgan fingerprint density at radius 2 is 2.17 bits per heavy atom.